The summed E-state index contributed by atoms with van der Waals surface area (Å²) in [6.45, 7) is 10.2. The van der Waals surface area contributed by atoms with Gasteiger partial charge in [0.15, 0.2) is 0 Å². The zero-order valence-electron chi connectivity index (χ0n) is 30.2. The van der Waals surface area contributed by atoms with Crippen molar-refractivity contribution in [3.63, 3.8) is 0 Å². The van der Waals surface area contributed by atoms with Crippen molar-refractivity contribution in [2.45, 2.75) is 110 Å². The fourth-order valence-corrected chi connectivity index (χ4v) is 5.58. The minimum Gasteiger partial charge on any atom is -0.465 e. The number of amides is 3. The number of esters is 1. The van der Waals surface area contributed by atoms with E-state index in [4.69, 9.17) is 9.47 Å². The molecule has 3 aromatic rings. The van der Waals surface area contributed by atoms with Crippen LogP contribution in [-0.4, -0.2) is 59.8 Å². The maximum Gasteiger partial charge on any atom is 0.408 e. The van der Waals surface area contributed by atoms with Crippen LogP contribution < -0.4 is 16.0 Å². The first-order valence-corrected chi connectivity index (χ1v) is 17.9. The summed E-state index contributed by atoms with van der Waals surface area (Å²) in [5.74, 6) is -1.24. The Hall–Kier alpha value is -4.44. The van der Waals surface area contributed by atoms with E-state index in [0.29, 0.717) is 19.3 Å². The molecule has 0 radical (unpaired) electrons. The second-order valence-electron chi connectivity index (χ2n) is 13.5. The van der Waals surface area contributed by atoms with Crippen molar-refractivity contribution in [1.82, 2.24) is 16.0 Å². The Bertz CT molecular complexity index is 1510. The molecular weight excluding hydrogens is 634 g/mol. The van der Waals surface area contributed by atoms with Gasteiger partial charge in [-0.2, -0.15) is 0 Å². The lowest BCUT2D eigenvalue weighted by Crippen LogP contribution is -2.57. The molecule has 0 spiro atoms. The number of alkyl carbamates (subject to hydrolysis) is 1. The average molecular weight is 690 g/mol. The molecular formula is C40H55N3O7. The molecule has 10 heteroatoms. The third-order valence-corrected chi connectivity index (χ3v) is 8.72. The van der Waals surface area contributed by atoms with Gasteiger partial charge in [-0.3, -0.25) is 14.4 Å². The number of carbonyl (C=O) groups is 4. The van der Waals surface area contributed by atoms with Crippen LogP contribution in [0, 0.1) is 11.8 Å². The van der Waals surface area contributed by atoms with E-state index in [1.54, 1.807) is 0 Å². The molecule has 4 N–H and O–H groups in total. The summed E-state index contributed by atoms with van der Waals surface area (Å²) in [6.07, 6.45) is 1.01. The summed E-state index contributed by atoms with van der Waals surface area (Å²) in [7, 11) is 0. The zero-order chi connectivity index (χ0) is 36.5. The first-order chi connectivity index (χ1) is 24.0. The minimum atomic E-state index is -1.17. The molecule has 0 aromatic heterocycles. The monoisotopic (exact) mass is 689 g/mol. The lowest BCUT2D eigenvalue weighted by molar-refractivity contribution is -0.148. The van der Waals surface area contributed by atoms with Crippen LogP contribution in [0.2, 0.25) is 0 Å². The molecule has 0 saturated carbocycles. The van der Waals surface area contributed by atoms with E-state index in [9.17, 15) is 24.3 Å². The number of rotatable bonds is 20. The number of ether oxygens (including phenoxy) is 2. The molecule has 0 saturated heterocycles. The number of unbranched alkanes of at least 4 members (excludes halogenated alkanes) is 1. The lowest BCUT2D eigenvalue weighted by Gasteiger charge is -2.29. The normalized spacial score (nSPS) is 14.2. The SMILES string of the molecule is CCCC[C@H](NC(=O)[C@H](Cc1cccc2ccccc12)NC(=O)OCc1ccccc1)C(=O)NC(CC(C)C)C(O)CC(=O)OCC(C)CC. The van der Waals surface area contributed by atoms with Gasteiger partial charge in [-0.15, -0.1) is 0 Å². The molecule has 0 aliphatic carbocycles. The summed E-state index contributed by atoms with van der Waals surface area (Å²) in [4.78, 5) is 53.3. The van der Waals surface area contributed by atoms with Crippen molar-refractivity contribution in [3.8, 4) is 0 Å². The van der Waals surface area contributed by atoms with Crippen molar-refractivity contribution in [3.05, 3.63) is 83.9 Å². The van der Waals surface area contributed by atoms with E-state index >= 15 is 0 Å². The second-order valence-corrected chi connectivity index (χ2v) is 13.5. The van der Waals surface area contributed by atoms with Crippen LogP contribution in [0.4, 0.5) is 4.79 Å². The number of hydrogen-bond donors (Lipinski definition) is 4. The lowest BCUT2D eigenvalue weighted by atomic mass is 9.96. The Morgan fingerprint density at radius 2 is 1.46 bits per heavy atom. The number of benzene rings is 3. The first-order valence-electron chi connectivity index (χ1n) is 17.9. The summed E-state index contributed by atoms with van der Waals surface area (Å²) >= 11 is 0. The van der Waals surface area contributed by atoms with Crippen LogP contribution in [-0.2, 0) is 36.9 Å². The molecule has 0 heterocycles. The van der Waals surface area contributed by atoms with Crippen molar-refractivity contribution in [1.29, 1.82) is 0 Å². The van der Waals surface area contributed by atoms with E-state index in [1.165, 1.54) is 0 Å². The van der Waals surface area contributed by atoms with E-state index in [1.807, 2.05) is 107 Å². The van der Waals surface area contributed by atoms with Crippen LogP contribution in [0.5, 0.6) is 0 Å². The molecule has 50 heavy (non-hydrogen) atoms. The van der Waals surface area contributed by atoms with E-state index < -0.39 is 48.1 Å². The van der Waals surface area contributed by atoms with Crippen LogP contribution in [0.3, 0.4) is 0 Å². The topological polar surface area (TPSA) is 143 Å². The summed E-state index contributed by atoms with van der Waals surface area (Å²) in [5, 5.41) is 21.5. The average Bonchev–Trinajstić information content (AvgIpc) is 3.11. The van der Waals surface area contributed by atoms with Crippen LogP contribution in [0.1, 0.15) is 84.3 Å². The largest absolute Gasteiger partial charge is 0.465 e. The number of fused-ring (bicyclic) bond motifs is 1. The van der Waals surface area contributed by atoms with Crippen LogP contribution in [0.25, 0.3) is 10.8 Å². The Morgan fingerprint density at radius 1 is 0.780 bits per heavy atom. The highest BCUT2D eigenvalue weighted by molar-refractivity contribution is 5.92. The maximum absolute atomic E-state index is 14.0. The van der Waals surface area contributed by atoms with Gasteiger partial charge in [0.1, 0.15) is 18.7 Å². The van der Waals surface area contributed by atoms with Gasteiger partial charge in [0.2, 0.25) is 11.8 Å². The van der Waals surface area contributed by atoms with Crippen LogP contribution >= 0.6 is 0 Å². The highest BCUT2D eigenvalue weighted by Gasteiger charge is 2.31. The second kappa shape index (κ2) is 20.9. The smallest absolute Gasteiger partial charge is 0.408 e. The number of nitrogens with one attached hydrogen (secondary N) is 3. The van der Waals surface area contributed by atoms with E-state index in [0.717, 1.165) is 34.7 Å². The highest BCUT2D eigenvalue weighted by Crippen LogP contribution is 2.20. The Labute approximate surface area is 296 Å². The molecule has 3 rings (SSSR count). The summed E-state index contributed by atoms with van der Waals surface area (Å²) < 4.78 is 10.8. The highest BCUT2D eigenvalue weighted by atomic mass is 16.5. The van der Waals surface area contributed by atoms with Crippen molar-refractivity contribution in [2.24, 2.45) is 11.8 Å². The molecule has 0 bridgehead atoms. The number of hydrogen-bond acceptors (Lipinski definition) is 7. The van der Waals surface area contributed by atoms with Gasteiger partial charge in [0.05, 0.1) is 25.2 Å². The van der Waals surface area contributed by atoms with Gasteiger partial charge in [-0.25, -0.2) is 4.79 Å². The Kier molecular flexibility index (Phi) is 16.7. The molecule has 3 aromatic carbocycles. The standard InChI is InChI=1S/C40H55N3O7/c1-6-8-21-33(38(46)42-34(22-27(3)4)36(44)24-37(45)49-25-28(5)7-2)41-39(47)35(43-40(48)50-26-29-15-10-9-11-16-29)23-31-19-14-18-30-17-12-13-20-32(30)31/h9-20,27-28,33-36,44H,6-8,21-26H2,1-5H3,(H,41,47)(H,42,46)(H,43,48)/t28?,33-,34?,35-,36?/m0/s1. The van der Waals surface area contributed by atoms with Gasteiger partial charge >= 0.3 is 12.1 Å². The summed E-state index contributed by atoms with van der Waals surface area (Å²) in [6, 6.07) is 20.1. The molecule has 0 aliphatic rings. The van der Waals surface area contributed by atoms with Crippen molar-refractivity contribution >= 4 is 34.6 Å². The predicted octanol–water partition coefficient (Wildman–Crippen LogP) is 6.22. The molecule has 5 atom stereocenters. The van der Waals surface area contributed by atoms with Gasteiger partial charge in [-0.05, 0) is 46.6 Å². The third kappa shape index (κ3) is 13.5. The number of aliphatic hydroxyl groups is 1. The minimum absolute atomic E-state index is 0.0293. The van der Waals surface area contributed by atoms with Gasteiger partial charge in [0, 0.05) is 6.42 Å². The van der Waals surface area contributed by atoms with Crippen molar-refractivity contribution < 1.29 is 33.8 Å². The maximum atomic E-state index is 14.0. The third-order valence-electron chi connectivity index (χ3n) is 8.72. The predicted molar refractivity (Wildman–Crippen MR) is 195 cm³/mol. The van der Waals surface area contributed by atoms with E-state index in [2.05, 4.69) is 16.0 Å². The van der Waals surface area contributed by atoms with E-state index in [-0.39, 0.29) is 37.9 Å². The quantitative estimate of drug-likeness (QED) is 0.103. The summed E-state index contributed by atoms with van der Waals surface area (Å²) in [5.41, 5.74) is 1.65. The number of aliphatic hydroxyl groups excluding tert-OH is 1. The van der Waals surface area contributed by atoms with Crippen LogP contribution in [0.15, 0.2) is 72.8 Å². The first kappa shape index (κ1) is 40.0. The fraction of sp³-hybridized carbons (Fsp3) is 0.500. The van der Waals surface area contributed by atoms with Crippen molar-refractivity contribution in [2.75, 3.05) is 6.61 Å². The molecule has 0 fully saturated rings. The molecule has 272 valence electrons. The molecule has 0 aliphatic heterocycles. The molecule has 3 unspecified atom stereocenters. The van der Waals surface area contributed by atoms with Gasteiger partial charge in [-0.1, -0.05) is 127 Å². The Balaban J connectivity index is 1.79. The zero-order valence-corrected chi connectivity index (χ0v) is 30.2. The van der Waals surface area contributed by atoms with Gasteiger partial charge in [0.25, 0.3) is 0 Å². The molecule has 10 nitrogen and oxygen atoms in total. The Morgan fingerprint density at radius 3 is 2.16 bits per heavy atom. The number of carbonyl (C=O) groups excluding carboxylic acids is 4. The van der Waals surface area contributed by atoms with Gasteiger partial charge < -0.3 is 30.5 Å². The fourth-order valence-electron chi connectivity index (χ4n) is 5.58. The molecule has 3 amide bonds.